The molecule has 1 aromatic heterocycles. The summed E-state index contributed by atoms with van der Waals surface area (Å²) < 4.78 is 11.2. The van der Waals surface area contributed by atoms with Crippen molar-refractivity contribution in [1.82, 2.24) is 9.88 Å². The van der Waals surface area contributed by atoms with Crippen LogP contribution in [0.3, 0.4) is 0 Å². The number of hydrogen-bond donors (Lipinski definition) is 0. The average molecular weight is 298 g/mol. The number of benzene rings is 1. The summed E-state index contributed by atoms with van der Waals surface area (Å²) in [5, 5.41) is 0. The van der Waals surface area contributed by atoms with Gasteiger partial charge in [0, 0.05) is 37.1 Å². The Morgan fingerprint density at radius 1 is 1.05 bits per heavy atom. The first-order valence-corrected chi connectivity index (χ1v) is 7.77. The molecule has 1 aliphatic heterocycles. The van der Waals surface area contributed by atoms with Crippen LogP contribution < -0.4 is 4.74 Å². The van der Waals surface area contributed by atoms with Crippen molar-refractivity contribution < 1.29 is 9.47 Å². The fourth-order valence-electron chi connectivity index (χ4n) is 2.50. The molecule has 1 saturated heterocycles. The summed E-state index contributed by atoms with van der Waals surface area (Å²) >= 11 is 0. The highest BCUT2D eigenvalue weighted by atomic mass is 16.5. The number of aryl methyl sites for hydroxylation is 1. The minimum absolute atomic E-state index is 0.714. The quantitative estimate of drug-likeness (QED) is 0.850. The van der Waals surface area contributed by atoms with Crippen LogP contribution in [0, 0.1) is 6.92 Å². The minimum atomic E-state index is 0.714. The van der Waals surface area contributed by atoms with E-state index in [0.717, 1.165) is 55.4 Å². The van der Waals surface area contributed by atoms with Gasteiger partial charge in [-0.25, -0.2) is 0 Å². The summed E-state index contributed by atoms with van der Waals surface area (Å²) in [4.78, 5) is 6.70. The van der Waals surface area contributed by atoms with Gasteiger partial charge in [0.05, 0.1) is 13.2 Å². The molecule has 3 rings (SSSR count). The molecule has 4 heteroatoms. The van der Waals surface area contributed by atoms with Gasteiger partial charge in [0.25, 0.3) is 0 Å². The SMILES string of the molecule is Cc1ccc(-c2ccc(OCCN3CCOCC3)cc2)cn1. The number of aromatic nitrogens is 1. The van der Waals surface area contributed by atoms with E-state index in [4.69, 9.17) is 9.47 Å². The summed E-state index contributed by atoms with van der Waals surface area (Å²) in [6.45, 7) is 7.33. The Morgan fingerprint density at radius 3 is 2.45 bits per heavy atom. The Kier molecular flexibility index (Phi) is 5.03. The Morgan fingerprint density at radius 2 is 1.77 bits per heavy atom. The second-order valence-electron chi connectivity index (χ2n) is 5.52. The molecule has 1 aliphatic rings. The van der Waals surface area contributed by atoms with E-state index in [2.05, 4.69) is 28.1 Å². The van der Waals surface area contributed by atoms with Crippen molar-refractivity contribution in [3.8, 4) is 16.9 Å². The summed E-state index contributed by atoms with van der Waals surface area (Å²) in [6.07, 6.45) is 1.91. The second kappa shape index (κ2) is 7.38. The van der Waals surface area contributed by atoms with Crippen LogP contribution >= 0.6 is 0 Å². The van der Waals surface area contributed by atoms with Gasteiger partial charge in [-0.1, -0.05) is 18.2 Å². The Balaban J connectivity index is 1.51. The van der Waals surface area contributed by atoms with Crippen LogP contribution in [0.2, 0.25) is 0 Å². The molecule has 0 aliphatic carbocycles. The summed E-state index contributed by atoms with van der Waals surface area (Å²) in [6, 6.07) is 12.3. The summed E-state index contributed by atoms with van der Waals surface area (Å²) in [5.74, 6) is 0.914. The van der Waals surface area contributed by atoms with E-state index in [-0.39, 0.29) is 0 Å². The third-order valence-electron chi connectivity index (χ3n) is 3.88. The fraction of sp³-hybridized carbons (Fsp3) is 0.389. The van der Waals surface area contributed by atoms with Crippen LogP contribution in [0.5, 0.6) is 5.75 Å². The molecule has 116 valence electrons. The molecular formula is C18H22N2O2. The molecule has 22 heavy (non-hydrogen) atoms. The maximum Gasteiger partial charge on any atom is 0.119 e. The predicted molar refractivity (Wildman–Crippen MR) is 87.2 cm³/mol. The highest BCUT2D eigenvalue weighted by Crippen LogP contribution is 2.21. The van der Waals surface area contributed by atoms with Crippen LogP contribution in [0.1, 0.15) is 5.69 Å². The molecule has 4 nitrogen and oxygen atoms in total. The number of ether oxygens (including phenoxy) is 2. The average Bonchev–Trinajstić information content (AvgIpc) is 2.57. The Bertz CT molecular complexity index is 575. The van der Waals surface area contributed by atoms with Crippen LogP contribution in [-0.2, 0) is 4.74 Å². The van der Waals surface area contributed by atoms with Crippen molar-refractivity contribution >= 4 is 0 Å². The Labute approximate surface area is 131 Å². The van der Waals surface area contributed by atoms with E-state index >= 15 is 0 Å². The summed E-state index contributed by atoms with van der Waals surface area (Å²) in [5.41, 5.74) is 3.32. The molecular weight excluding hydrogens is 276 g/mol. The highest BCUT2D eigenvalue weighted by Gasteiger charge is 2.09. The molecule has 0 radical (unpaired) electrons. The zero-order valence-corrected chi connectivity index (χ0v) is 13.0. The number of pyridine rings is 1. The van der Waals surface area contributed by atoms with E-state index in [0.29, 0.717) is 6.61 Å². The molecule has 0 spiro atoms. The zero-order valence-electron chi connectivity index (χ0n) is 13.0. The molecule has 0 N–H and O–H groups in total. The molecule has 1 aromatic carbocycles. The molecule has 0 atom stereocenters. The van der Waals surface area contributed by atoms with Crippen molar-refractivity contribution in [2.45, 2.75) is 6.92 Å². The molecule has 0 unspecified atom stereocenters. The third kappa shape index (κ3) is 4.06. The van der Waals surface area contributed by atoms with E-state index < -0.39 is 0 Å². The van der Waals surface area contributed by atoms with E-state index in [9.17, 15) is 0 Å². The zero-order chi connectivity index (χ0) is 15.2. The highest BCUT2D eigenvalue weighted by molar-refractivity contribution is 5.63. The molecule has 0 bridgehead atoms. The monoisotopic (exact) mass is 298 g/mol. The van der Waals surface area contributed by atoms with Crippen LogP contribution in [0.15, 0.2) is 42.6 Å². The maximum atomic E-state index is 5.82. The number of rotatable bonds is 5. The van der Waals surface area contributed by atoms with Gasteiger partial charge in [0.15, 0.2) is 0 Å². The van der Waals surface area contributed by atoms with E-state index in [1.165, 1.54) is 0 Å². The number of morpholine rings is 1. The number of nitrogens with zero attached hydrogens (tertiary/aromatic N) is 2. The van der Waals surface area contributed by atoms with Crippen LogP contribution in [0.4, 0.5) is 0 Å². The van der Waals surface area contributed by atoms with Crippen molar-refractivity contribution in [1.29, 1.82) is 0 Å². The van der Waals surface area contributed by atoms with Crippen molar-refractivity contribution in [3.05, 3.63) is 48.3 Å². The normalized spacial score (nSPS) is 15.7. The van der Waals surface area contributed by atoms with Crippen LogP contribution in [-0.4, -0.2) is 49.3 Å². The first-order valence-electron chi connectivity index (χ1n) is 7.77. The fourth-order valence-corrected chi connectivity index (χ4v) is 2.50. The second-order valence-corrected chi connectivity index (χ2v) is 5.52. The van der Waals surface area contributed by atoms with Gasteiger partial charge in [0.1, 0.15) is 12.4 Å². The van der Waals surface area contributed by atoms with Gasteiger partial charge >= 0.3 is 0 Å². The first kappa shape index (κ1) is 15.0. The lowest BCUT2D eigenvalue weighted by Gasteiger charge is -2.26. The third-order valence-corrected chi connectivity index (χ3v) is 3.88. The van der Waals surface area contributed by atoms with Crippen LogP contribution in [0.25, 0.3) is 11.1 Å². The summed E-state index contributed by atoms with van der Waals surface area (Å²) in [7, 11) is 0. The van der Waals surface area contributed by atoms with Crippen molar-refractivity contribution in [2.75, 3.05) is 39.5 Å². The lowest BCUT2D eigenvalue weighted by Crippen LogP contribution is -2.38. The lowest BCUT2D eigenvalue weighted by molar-refractivity contribution is 0.0322. The molecule has 2 aromatic rings. The Hall–Kier alpha value is -1.91. The van der Waals surface area contributed by atoms with Gasteiger partial charge in [-0.15, -0.1) is 0 Å². The van der Waals surface area contributed by atoms with Crippen molar-refractivity contribution in [2.24, 2.45) is 0 Å². The van der Waals surface area contributed by atoms with Gasteiger partial charge in [-0.05, 0) is 30.7 Å². The van der Waals surface area contributed by atoms with Gasteiger partial charge in [0.2, 0.25) is 0 Å². The van der Waals surface area contributed by atoms with Gasteiger partial charge in [-0.2, -0.15) is 0 Å². The lowest BCUT2D eigenvalue weighted by atomic mass is 10.1. The topological polar surface area (TPSA) is 34.6 Å². The van der Waals surface area contributed by atoms with E-state index in [1.54, 1.807) is 0 Å². The maximum absolute atomic E-state index is 5.82. The smallest absolute Gasteiger partial charge is 0.119 e. The molecule has 0 saturated carbocycles. The predicted octanol–water partition coefficient (Wildman–Crippen LogP) is 2.77. The number of hydrogen-bond acceptors (Lipinski definition) is 4. The minimum Gasteiger partial charge on any atom is -0.492 e. The van der Waals surface area contributed by atoms with E-state index in [1.807, 2.05) is 31.3 Å². The largest absolute Gasteiger partial charge is 0.492 e. The standard InChI is InChI=1S/C18H22N2O2/c1-15-2-3-17(14-19-15)16-4-6-18(7-5-16)22-13-10-20-8-11-21-12-9-20/h2-7,14H,8-13H2,1H3. The molecule has 0 amide bonds. The van der Waals surface area contributed by atoms with Crippen molar-refractivity contribution in [3.63, 3.8) is 0 Å². The molecule has 2 heterocycles. The first-order chi connectivity index (χ1) is 10.8. The molecule has 1 fully saturated rings. The van der Waals surface area contributed by atoms with Gasteiger partial charge < -0.3 is 9.47 Å². The van der Waals surface area contributed by atoms with Gasteiger partial charge in [-0.3, -0.25) is 9.88 Å².